The number of rotatable bonds is 3. The van der Waals surface area contributed by atoms with E-state index in [0.717, 1.165) is 36.4 Å². The molecule has 4 heterocycles. The first-order valence-corrected chi connectivity index (χ1v) is 9.71. The largest absolute Gasteiger partial charge is 0.350 e. The number of benzene rings is 1. The molecule has 0 unspecified atom stereocenters. The molecule has 1 fully saturated rings. The Kier molecular flexibility index (Phi) is 4.21. The third-order valence-electron chi connectivity index (χ3n) is 5.42. The van der Waals surface area contributed by atoms with E-state index >= 15 is 0 Å². The number of imide groups is 1. The Labute approximate surface area is 167 Å². The Hall–Kier alpha value is -3.39. The molecule has 1 atom stereocenters. The topological polar surface area (TPSA) is 100 Å². The normalized spacial score (nSPS) is 18.9. The second-order valence-corrected chi connectivity index (χ2v) is 7.40. The van der Waals surface area contributed by atoms with Crippen LogP contribution in [-0.2, 0) is 0 Å². The lowest BCUT2D eigenvalue weighted by Crippen LogP contribution is -2.38. The van der Waals surface area contributed by atoms with Gasteiger partial charge in [-0.3, -0.25) is 9.59 Å². The number of amides is 2. The van der Waals surface area contributed by atoms with Gasteiger partial charge >= 0.3 is 0 Å². The lowest BCUT2D eigenvalue weighted by Gasteiger charge is -2.24. The van der Waals surface area contributed by atoms with Crippen LogP contribution in [0.4, 0.5) is 11.8 Å². The Morgan fingerprint density at radius 3 is 2.55 bits per heavy atom. The highest BCUT2D eigenvalue weighted by Crippen LogP contribution is 2.32. The average molecular weight is 388 g/mol. The van der Waals surface area contributed by atoms with E-state index in [1.165, 1.54) is 0 Å². The SMILES string of the molecule is Cc1cnc(N2C(=O)c3ccccc3C2=O)c2cnc(N[C@H]3CCCNC3)nc12. The number of carbonyl (C=O) groups is 2. The molecule has 2 aliphatic rings. The van der Waals surface area contributed by atoms with Gasteiger partial charge in [-0.1, -0.05) is 12.1 Å². The fourth-order valence-electron chi connectivity index (χ4n) is 3.92. The number of pyridine rings is 1. The van der Waals surface area contributed by atoms with Crippen molar-refractivity contribution in [2.45, 2.75) is 25.8 Å². The van der Waals surface area contributed by atoms with Gasteiger partial charge in [-0.15, -0.1) is 0 Å². The molecule has 0 bridgehead atoms. The molecule has 3 aromatic rings. The number of aryl methyl sites for hydroxylation is 1. The van der Waals surface area contributed by atoms with Crippen molar-refractivity contribution in [3.05, 3.63) is 53.3 Å². The molecule has 1 saturated heterocycles. The van der Waals surface area contributed by atoms with E-state index in [1.807, 2.05) is 6.92 Å². The van der Waals surface area contributed by atoms with Gasteiger partial charge in [-0.25, -0.2) is 19.9 Å². The van der Waals surface area contributed by atoms with Crippen molar-refractivity contribution in [3.63, 3.8) is 0 Å². The number of fused-ring (bicyclic) bond motifs is 2. The van der Waals surface area contributed by atoms with Crippen LogP contribution in [0.25, 0.3) is 10.9 Å². The van der Waals surface area contributed by atoms with Crippen LogP contribution < -0.4 is 15.5 Å². The first-order chi connectivity index (χ1) is 14.1. The maximum atomic E-state index is 12.9. The zero-order valence-electron chi connectivity index (χ0n) is 16.0. The predicted molar refractivity (Wildman–Crippen MR) is 109 cm³/mol. The molecule has 8 heteroatoms. The molecule has 146 valence electrons. The molecule has 29 heavy (non-hydrogen) atoms. The van der Waals surface area contributed by atoms with E-state index in [0.29, 0.717) is 28.0 Å². The van der Waals surface area contributed by atoms with Crippen molar-refractivity contribution in [2.75, 3.05) is 23.3 Å². The summed E-state index contributed by atoms with van der Waals surface area (Å²) in [5, 5.41) is 7.30. The summed E-state index contributed by atoms with van der Waals surface area (Å²) in [6.07, 6.45) is 5.45. The number of hydrogen-bond acceptors (Lipinski definition) is 7. The summed E-state index contributed by atoms with van der Waals surface area (Å²) in [4.78, 5) is 40.3. The molecule has 8 nitrogen and oxygen atoms in total. The van der Waals surface area contributed by atoms with Gasteiger partial charge in [0, 0.05) is 25.0 Å². The van der Waals surface area contributed by atoms with Crippen LogP contribution in [0.5, 0.6) is 0 Å². The molecular formula is C21H20N6O2. The molecule has 0 aliphatic carbocycles. The summed E-state index contributed by atoms with van der Waals surface area (Å²) in [5.74, 6) is 0.0500. The Morgan fingerprint density at radius 1 is 1.10 bits per heavy atom. The highest BCUT2D eigenvalue weighted by atomic mass is 16.2. The molecule has 0 spiro atoms. The summed E-state index contributed by atoms with van der Waals surface area (Å²) in [6.45, 7) is 3.81. The maximum absolute atomic E-state index is 12.9. The summed E-state index contributed by atoms with van der Waals surface area (Å²) >= 11 is 0. The van der Waals surface area contributed by atoms with Crippen LogP contribution in [0.15, 0.2) is 36.7 Å². The third-order valence-corrected chi connectivity index (χ3v) is 5.42. The minimum Gasteiger partial charge on any atom is -0.350 e. The van der Waals surface area contributed by atoms with Gasteiger partial charge in [-0.05, 0) is 44.0 Å². The number of nitrogens with one attached hydrogen (secondary N) is 2. The van der Waals surface area contributed by atoms with E-state index in [2.05, 4.69) is 25.6 Å². The van der Waals surface area contributed by atoms with E-state index in [-0.39, 0.29) is 23.7 Å². The first kappa shape index (κ1) is 17.7. The highest BCUT2D eigenvalue weighted by molar-refractivity contribution is 6.35. The van der Waals surface area contributed by atoms with Crippen molar-refractivity contribution in [2.24, 2.45) is 0 Å². The van der Waals surface area contributed by atoms with Crippen molar-refractivity contribution >= 4 is 34.5 Å². The van der Waals surface area contributed by atoms with Gasteiger partial charge < -0.3 is 10.6 Å². The minimum absolute atomic E-state index is 0.266. The van der Waals surface area contributed by atoms with Crippen LogP contribution in [0.2, 0.25) is 0 Å². The number of nitrogens with zero attached hydrogens (tertiary/aromatic N) is 4. The second-order valence-electron chi connectivity index (χ2n) is 7.40. The molecule has 2 aromatic heterocycles. The Morgan fingerprint density at radius 2 is 1.86 bits per heavy atom. The van der Waals surface area contributed by atoms with Crippen LogP contribution in [0, 0.1) is 6.92 Å². The van der Waals surface area contributed by atoms with Crippen LogP contribution in [0.1, 0.15) is 39.1 Å². The molecule has 2 amide bonds. The zero-order valence-corrected chi connectivity index (χ0v) is 16.0. The molecule has 1 aromatic carbocycles. The Bertz CT molecular complexity index is 1100. The second kappa shape index (κ2) is 6.89. The van der Waals surface area contributed by atoms with Gasteiger partial charge in [0.15, 0.2) is 5.82 Å². The minimum atomic E-state index is -0.376. The van der Waals surface area contributed by atoms with Crippen molar-refractivity contribution < 1.29 is 9.59 Å². The van der Waals surface area contributed by atoms with Crippen LogP contribution in [-0.4, -0.2) is 45.9 Å². The molecule has 0 saturated carbocycles. The average Bonchev–Trinajstić information content (AvgIpc) is 3.00. The predicted octanol–water partition coefficient (Wildman–Crippen LogP) is 2.30. The lowest BCUT2D eigenvalue weighted by atomic mass is 10.1. The van der Waals surface area contributed by atoms with Gasteiger partial charge in [0.25, 0.3) is 11.8 Å². The lowest BCUT2D eigenvalue weighted by molar-refractivity contribution is 0.0925. The quantitative estimate of drug-likeness (QED) is 0.664. The van der Waals surface area contributed by atoms with Crippen molar-refractivity contribution in [1.29, 1.82) is 0 Å². The van der Waals surface area contributed by atoms with Crippen molar-refractivity contribution in [3.8, 4) is 0 Å². The van der Waals surface area contributed by atoms with Gasteiger partial charge in [0.2, 0.25) is 5.95 Å². The molecule has 2 N–H and O–H groups in total. The van der Waals surface area contributed by atoms with Crippen LogP contribution in [0.3, 0.4) is 0 Å². The summed E-state index contributed by atoms with van der Waals surface area (Å²) in [6, 6.07) is 7.08. The molecular weight excluding hydrogens is 368 g/mol. The smallest absolute Gasteiger partial charge is 0.267 e. The van der Waals surface area contributed by atoms with Gasteiger partial charge in [0.05, 0.1) is 22.0 Å². The van der Waals surface area contributed by atoms with Gasteiger partial charge in [-0.2, -0.15) is 0 Å². The Balaban J connectivity index is 1.55. The van der Waals surface area contributed by atoms with Crippen molar-refractivity contribution in [1.82, 2.24) is 20.3 Å². The number of hydrogen-bond donors (Lipinski definition) is 2. The third kappa shape index (κ3) is 2.92. The number of aromatic nitrogens is 3. The van der Waals surface area contributed by atoms with E-state index in [9.17, 15) is 9.59 Å². The maximum Gasteiger partial charge on any atom is 0.267 e. The number of carbonyl (C=O) groups excluding carboxylic acids is 2. The summed E-state index contributed by atoms with van der Waals surface area (Å²) < 4.78 is 0. The molecule has 5 rings (SSSR count). The van der Waals surface area contributed by atoms with E-state index < -0.39 is 0 Å². The van der Waals surface area contributed by atoms with Crippen LogP contribution >= 0.6 is 0 Å². The molecule has 2 aliphatic heterocycles. The number of anilines is 2. The van der Waals surface area contributed by atoms with E-state index in [4.69, 9.17) is 0 Å². The summed E-state index contributed by atoms with van der Waals surface area (Å²) in [7, 11) is 0. The fraction of sp³-hybridized carbons (Fsp3) is 0.286. The summed E-state index contributed by atoms with van der Waals surface area (Å²) in [5.41, 5.74) is 2.30. The number of piperidine rings is 1. The first-order valence-electron chi connectivity index (χ1n) is 9.71. The molecule has 0 radical (unpaired) electrons. The zero-order chi connectivity index (χ0) is 20.0. The van der Waals surface area contributed by atoms with Gasteiger partial charge in [0.1, 0.15) is 0 Å². The van der Waals surface area contributed by atoms with E-state index in [1.54, 1.807) is 36.7 Å². The standard InChI is InChI=1S/C21H20N6O2/c1-12-9-23-18(27-19(28)14-6-2-3-7-15(14)20(27)29)16-11-24-21(26-17(12)16)25-13-5-4-8-22-10-13/h2-3,6-7,9,11,13,22H,4-5,8,10H2,1H3,(H,24,25,26)/t13-/m0/s1. The fourth-order valence-corrected chi connectivity index (χ4v) is 3.92. The monoisotopic (exact) mass is 388 g/mol. The highest BCUT2D eigenvalue weighted by Gasteiger charge is 2.38.